The average molecular weight is 479 g/mol. The monoisotopic (exact) mass is 478 g/mol. The summed E-state index contributed by atoms with van der Waals surface area (Å²) in [6.07, 6.45) is 3.72. The zero-order chi connectivity index (χ0) is 23.0. The second-order valence-electron chi connectivity index (χ2n) is 7.76. The molecule has 7 nitrogen and oxygen atoms in total. The quantitative estimate of drug-likeness (QED) is 0.314. The van der Waals surface area contributed by atoms with E-state index in [9.17, 15) is 4.79 Å². The molecule has 0 aliphatic heterocycles. The summed E-state index contributed by atoms with van der Waals surface area (Å²) in [4.78, 5) is 16.9. The fourth-order valence-electron chi connectivity index (χ4n) is 3.23. The van der Waals surface area contributed by atoms with Gasteiger partial charge in [0.15, 0.2) is 0 Å². The maximum Gasteiger partial charge on any atom is 0.231 e. The highest BCUT2D eigenvalue weighted by atomic mass is 32.2. The molecule has 4 rings (SSSR count). The van der Waals surface area contributed by atoms with Gasteiger partial charge in [-0.15, -0.1) is 16.4 Å². The molecule has 33 heavy (non-hydrogen) atoms. The van der Waals surface area contributed by atoms with Crippen molar-refractivity contribution in [3.8, 4) is 5.69 Å². The van der Waals surface area contributed by atoms with Gasteiger partial charge in [0.05, 0.1) is 17.8 Å². The van der Waals surface area contributed by atoms with Crippen molar-refractivity contribution in [1.29, 1.82) is 0 Å². The summed E-state index contributed by atoms with van der Waals surface area (Å²) in [5.41, 5.74) is 5.12. The molecule has 0 spiro atoms. The first-order chi connectivity index (χ1) is 16.1. The van der Waals surface area contributed by atoms with E-state index in [4.69, 9.17) is 0 Å². The Morgan fingerprint density at radius 3 is 2.67 bits per heavy atom. The van der Waals surface area contributed by atoms with Crippen LogP contribution in [0.15, 0.2) is 59.1 Å². The Hall–Kier alpha value is -3.04. The van der Waals surface area contributed by atoms with E-state index in [1.165, 1.54) is 41.5 Å². The van der Waals surface area contributed by atoms with Crippen LogP contribution in [0, 0.1) is 6.92 Å². The molecule has 2 aromatic heterocycles. The summed E-state index contributed by atoms with van der Waals surface area (Å²) in [6.45, 7) is 4.22. The molecule has 0 bridgehead atoms. The number of carbonyl (C=O) groups excluding carboxylic acids is 1. The zero-order valence-electron chi connectivity index (χ0n) is 18.7. The smallest absolute Gasteiger partial charge is 0.231 e. The lowest BCUT2D eigenvalue weighted by Crippen LogP contribution is -2.14. The number of unbranched alkanes of at least 4 members (excludes halogenated alkanes) is 1. The first-order valence-corrected chi connectivity index (χ1v) is 12.8. The summed E-state index contributed by atoms with van der Waals surface area (Å²) < 4.78 is 1.75. The number of amides is 1. The minimum atomic E-state index is -0.0706. The van der Waals surface area contributed by atoms with E-state index >= 15 is 0 Å². The van der Waals surface area contributed by atoms with E-state index in [2.05, 4.69) is 57.0 Å². The van der Waals surface area contributed by atoms with Crippen molar-refractivity contribution < 1.29 is 4.79 Å². The molecule has 0 saturated carbocycles. The van der Waals surface area contributed by atoms with Gasteiger partial charge in [-0.2, -0.15) is 4.68 Å². The highest BCUT2D eigenvalue weighted by molar-refractivity contribution is 7.98. The fraction of sp³-hybridized carbons (Fsp3) is 0.292. The number of benzene rings is 2. The predicted molar refractivity (Wildman–Crippen MR) is 133 cm³/mol. The summed E-state index contributed by atoms with van der Waals surface area (Å²) in [6, 6.07) is 16.1. The van der Waals surface area contributed by atoms with E-state index in [1.807, 2.05) is 36.6 Å². The second-order valence-corrected chi connectivity index (χ2v) is 9.64. The third-order valence-electron chi connectivity index (χ3n) is 5.04. The van der Waals surface area contributed by atoms with Crippen LogP contribution in [0.4, 0.5) is 5.69 Å². The largest absolute Gasteiger partial charge is 0.326 e. The number of hydrogen-bond acceptors (Lipinski definition) is 7. The van der Waals surface area contributed by atoms with Crippen LogP contribution in [0.3, 0.4) is 0 Å². The molecule has 1 amide bonds. The molecule has 9 heteroatoms. The Morgan fingerprint density at radius 1 is 1.12 bits per heavy atom. The lowest BCUT2D eigenvalue weighted by Gasteiger charge is -2.05. The molecular weight excluding hydrogens is 452 g/mol. The minimum absolute atomic E-state index is 0.0706. The summed E-state index contributed by atoms with van der Waals surface area (Å²) in [5.74, 6) is 0.559. The van der Waals surface area contributed by atoms with Crippen LogP contribution in [-0.2, 0) is 23.4 Å². The van der Waals surface area contributed by atoms with E-state index in [0.29, 0.717) is 10.9 Å². The number of nitrogens with zero attached hydrogens (tertiary/aromatic N) is 5. The zero-order valence-corrected chi connectivity index (χ0v) is 20.3. The predicted octanol–water partition coefficient (Wildman–Crippen LogP) is 5.24. The number of aryl methyl sites for hydroxylation is 2. The molecule has 0 saturated heterocycles. The molecule has 0 atom stereocenters. The molecule has 0 unspecified atom stereocenters. The Bertz CT molecular complexity index is 1180. The molecule has 0 aliphatic carbocycles. The van der Waals surface area contributed by atoms with Gasteiger partial charge in [-0.25, -0.2) is 4.98 Å². The first-order valence-electron chi connectivity index (χ1n) is 10.9. The molecule has 170 valence electrons. The normalized spacial score (nSPS) is 11.0. The van der Waals surface area contributed by atoms with Crippen LogP contribution in [0.5, 0.6) is 0 Å². The number of rotatable bonds is 10. The average Bonchev–Trinajstić information content (AvgIpc) is 3.47. The van der Waals surface area contributed by atoms with Crippen LogP contribution in [0.2, 0.25) is 0 Å². The Kier molecular flexibility index (Phi) is 7.85. The number of carbonyl (C=O) groups is 1. The van der Waals surface area contributed by atoms with Gasteiger partial charge in [-0.1, -0.05) is 54.9 Å². The van der Waals surface area contributed by atoms with Gasteiger partial charge in [-0.05, 0) is 60.0 Å². The molecule has 4 aromatic rings. The number of thiazole rings is 1. The van der Waals surface area contributed by atoms with Crippen molar-refractivity contribution in [3.05, 3.63) is 75.7 Å². The highest BCUT2D eigenvalue weighted by Gasteiger charge is 2.12. The minimum Gasteiger partial charge on any atom is -0.326 e. The standard InChI is InChI=1S/C24H26N6OS2/c1-3-4-5-18-8-12-21(13-9-18)30-24(27-28-29-30)33-16-20-15-32-23(26-20)14-22(31)25-19-10-6-17(2)7-11-19/h6-13,15H,3-5,14,16H2,1-2H3,(H,25,31). The lowest BCUT2D eigenvalue weighted by atomic mass is 10.1. The summed E-state index contributed by atoms with van der Waals surface area (Å²) in [5, 5.41) is 18.6. The van der Waals surface area contributed by atoms with Gasteiger partial charge in [0.25, 0.3) is 0 Å². The molecule has 0 radical (unpaired) electrons. The van der Waals surface area contributed by atoms with Gasteiger partial charge in [0.1, 0.15) is 5.01 Å². The highest BCUT2D eigenvalue weighted by Crippen LogP contribution is 2.24. The van der Waals surface area contributed by atoms with Crippen LogP contribution < -0.4 is 5.32 Å². The first kappa shape index (κ1) is 23.1. The van der Waals surface area contributed by atoms with Gasteiger partial charge >= 0.3 is 0 Å². The Labute approximate surface area is 201 Å². The molecule has 1 N–H and O–H groups in total. The third kappa shape index (κ3) is 6.49. The Morgan fingerprint density at radius 2 is 1.91 bits per heavy atom. The number of aromatic nitrogens is 5. The van der Waals surface area contributed by atoms with Crippen molar-refractivity contribution in [2.75, 3.05) is 5.32 Å². The van der Waals surface area contributed by atoms with E-state index in [0.717, 1.165) is 34.1 Å². The fourth-order valence-corrected chi connectivity index (χ4v) is 4.91. The topological polar surface area (TPSA) is 85.6 Å². The van der Waals surface area contributed by atoms with Gasteiger partial charge < -0.3 is 5.32 Å². The molecule has 0 fully saturated rings. The van der Waals surface area contributed by atoms with Crippen molar-refractivity contribution in [1.82, 2.24) is 25.2 Å². The number of anilines is 1. The van der Waals surface area contributed by atoms with Gasteiger partial charge in [0.2, 0.25) is 11.1 Å². The number of tetrazole rings is 1. The third-order valence-corrected chi connectivity index (χ3v) is 6.89. The van der Waals surface area contributed by atoms with E-state index in [-0.39, 0.29) is 12.3 Å². The SMILES string of the molecule is CCCCc1ccc(-n2nnnc2SCc2csc(CC(=O)Nc3ccc(C)cc3)n2)cc1. The molecule has 2 heterocycles. The van der Waals surface area contributed by atoms with Crippen molar-refractivity contribution in [3.63, 3.8) is 0 Å². The number of nitrogens with one attached hydrogen (secondary N) is 1. The Balaban J connectivity index is 1.32. The number of hydrogen-bond donors (Lipinski definition) is 1. The molecular formula is C24H26N6OS2. The maximum atomic E-state index is 12.3. The van der Waals surface area contributed by atoms with Crippen molar-refractivity contribution in [2.45, 2.75) is 50.4 Å². The summed E-state index contributed by atoms with van der Waals surface area (Å²) in [7, 11) is 0. The molecule has 2 aromatic carbocycles. The van der Waals surface area contributed by atoms with E-state index in [1.54, 1.807) is 4.68 Å². The summed E-state index contributed by atoms with van der Waals surface area (Å²) >= 11 is 3.02. The van der Waals surface area contributed by atoms with Crippen LogP contribution in [0.1, 0.15) is 41.6 Å². The van der Waals surface area contributed by atoms with Crippen molar-refractivity contribution in [2.24, 2.45) is 0 Å². The van der Waals surface area contributed by atoms with Crippen LogP contribution in [0.25, 0.3) is 5.69 Å². The van der Waals surface area contributed by atoms with E-state index < -0.39 is 0 Å². The van der Waals surface area contributed by atoms with Gasteiger partial charge in [0, 0.05) is 16.8 Å². The van der Waals surface area contributed by atoms with Gasteiger partial charge in [-0.3, -0.25) is 4.79 Å². The van der Waals surface area contributed by atoms with Crippen LogP contribution >= 0.6 is 23.1 Å². The lowest BCUT2D eigenvalue weighted by molar-refractivity contribution is -0.115. The number of thioether (sulfide) groups is 1. The van der Waals surface area contributed by atoms with Crippen molar-refractivity contribution >= 4 is 34.7 Å². The molecule has 0 aliphatic rings. The maximum absolute atomic E-state index is 12.3. The second kappa shape index (κ2) is 11.2. The van der Waals surface area contributed by atoms with Crippen LogP contribution in [-0.4, -0.2) is 31.1 Å².